The van der Waals surface area contributed by atoms with Gasteiger partial charge >= 0.3 is 0 Å². The van der Waals surface area contributed by atoms with Crippen molar-refractivity contribution in [2.45, 2.75) is 26.0 Å². The van der Waals surface area contributed by atoms with Crippen molar-refractivity contribution in [2.24, 2.45) is 5.92 Å². The van der Waals surface area contributed by atoms with Gasteiger partial charge in [0.05, 0.1) is 12.7 Å². The lowest BCUT2D eigenvalue weighted by Gasteiger charge is -2.37. The number of aliphatic hydroxyl groups excluding tert-OH is 1. The van der Waals surface area contributed by atoms with Gasteiger partial charge in [0.15, 0.2) is 0 Å². The maximum atomic E-state index is 11.7. The van der Waals surface area contributed by atoms with Crippen LogP contribution >= 0.6 is 0 Å². The number of aliphatic hydroxyl groups is 1. The van der Waals surface area contributed by atoms with E-state index < -0.39 is 0 Å². The maximum absolute atomic E-state index is 11.7. The summed E-state index contributed by atoms with van der Waals surface area (Å²) < 4.78 is 5.45. The molecule has 1 aliphatic rings. The molecular weight excluding hydrogens is 181 g/mol. The van der Waals surface area contributed by atoms with E-state index in [1.165, 1.54) is 0 Å². The summed E-state index contributed by atoms with van der Waals surface area (Å²) in [5, 5.41) is 8.98. The van der Waals surface area contributed by atoms with Crippen molar-refractivity contribution in [3.8, 4) is 0 Å². The SMILES string of the molecule is BC1CN(C(=O)C(C)C)CC(CO)O1. The van der Waals surface area contributed by atoms with E-state index in [-0.39, 0.29) is 30.5 Å². The maximum Gasteiger partial charge on any atom is 0.225 e. The Kier molecular flexibility index (Phi) is 3.95. The summed E-state index contributed by atoms with van der Waals surface area (Å²) in [5.74, 6) is 0.151. The Morgan fingerprint density at radius 1 is 1.64 bits per heavy atom. The van der Waals surface area contributed by atoms with Crippen molar-refractivity contribution in [1.82, 2.24) is 4.90 Å². The molecule has 0 aromatic heterocycles. The summed E-state index contributed by atoms with van der Waals surface area (Å²) in [7, 11) is 1.92. The average molecular weight is 199 g/mol. The molecule has 1 amide bonds. The van der Waals surface area contributed by atoms with E-state index in [2.05, 4.69) is 0 Å². The van der Waals surface area contributed by atoms with Crippen molar-refractivity contribution in [1.29, 1.82) is 0 Å². The zero-order valence-electron chi connectivity index (χ0n) is 9.06. The van der Waals surface area contributed by atoms with E-state index in [9.17, 15) is 4.79 Å². The Morgan fingerprint density at radius 2 is 2.29 bits per heavy atom. The number of morpholine rings is 1. The Balaban J connectivity index is 2.57. The summed E-state index contributed by atoms with van der Waals surface area (Å²) >= 11 is 0. The molecule has 0 saturated carbocycles. The van der Waals surface area contributed by atoms with E-state index in [1.54, 1.807) is 4.90 Å². The summed E-state index contributed by atoms with van der Waals surface area (Å²) in [5.41, 5.74) is 0. The summed E-state index contributed by atoms with van der Waals surface area (Å²) in [6, 6.07) is 0.0172. The van der Waals surface area contributed by atoms with Gasteiger partial charge in [0.1, 0.15) is 7.85 Å². The Labute approximate surface area is 85.6 Å². The Bertz CT molecular complexity index is 210. The number of hydrogen-bond donors (Lipinski definition) is 1. The molecule has 1 rings (SSSR count). The van der Waals surface area contributed by atoms with Crippen molar-refractivity contribution in [2.75, 3.05) is 19.7 Å². The van der Waals surface area contributed by atoms with Crippen LogP contribution in [0.3, 0.4) is 0 Å². The molecule has 0 aromatic carbocycles. The van der Waals surface area contributed by atoms with E-state index in [0.717, 1.165) is 0 Å². The zero-order valence-corrected chi connectivity index (χ0v) is 9.06. The van der Waals surface area contributed by atoms with E-state index in [4.69, 9.17) is 9.84 Å². The zero-order chi connectivity index (χ0) is 10.7. The lowest BCUT2D eigenvalue weighted by atomic mass is 9.96. The first-order valence-corrected chi connectivity index (χ1v) is 5.09. The summed E-state index contributed by atoms with van der Waals surface area (Å²) in [6.07, 6.45) is -0.221. The molecule has 2 unspecified atom stereocenters. The number of carbonyl (C=O) groups is 1. The minimum atomic E-state index is -0.221. The molecule has 0 aromatic rings. The highest BCUT2D eigenvalue weighted by molar-refractivity contribution is 6.11. The highest BCUT2D eigenvalue weighted by Gasteiger charge is 2.28. The largest absolute Gasteiger partial charge is 0.394 e. The number of amides is 1. The monoisotopic (exact) mass is 199 g/mol. The van der Waals surface area contributed by atoms with Gasteiger partial charge in [0.2, 0.25) is 5.91 Å². The second-order valence-electron chi connectivity index (χ2n) is 4.15. The molecule has 1 heterocycles. The predicted octanol–water partition coefficient (Wildman–Crippen LogP) is -1.18. The van der Waals surface area contributed by atoms with Crippen molar-refractivity contribution in [3.05, 3.63) is 0 Å². The highest BCUT2D eigenvalue weighted by atomic mass is 16.5. The van der Waals surface area contributed by atoms with Crippen LogP contribution in [0.15, 0.2) is 0 Å². The van der Waals surface area contributed by atoms with E-state index in [1.807, 2.05) is 21.7 Å². The van der Waals surface area contributed by atoms with Crippen molar-refractivity contribution in [3.63, 3.8) is 0 Å². The molecule has 0 bridgehead atoms. The number of rotatable bonds is 2. The van der Waals surface area contributed by atoms with Gasteiger partial charge in [-0.3, -0.25) is 4.79 Å². The van der Waals surface area contributed by atoms with E-state index >= 15 is 0 Å². The van der Waals surface area contributed by atoms with Gasteiger partial charge in [-0.25, -0.2) is 0 Å². The highest BCUT2D eigenvalue weighted by Crippen LogP contribution is 2.12. The van der Waals surface area contributed by atoms with Crippen LogP contribution in [-0.4, -0.2) is 55.6 Å². The van der Waals surface area contributed by atoms with Crippen LogP contribution < -0.4 is 0 Å². The number of nitrogens with zero attached hydrogens (tertiary/aromatic N) is 1. The molecule has 80 valence electrons. The van der Waals surface area contributed by atoms with Gasteiger partial charge in [-0.15, -0.1) is 0 Å². The Hall–Kier alpha value is -0.545. The molecule has 1 fully saturated rings. The smallest absolute Gasteiger partial charge is 0.225 e. The van der Waals surface area contributed by atoms with Gasteiger partial charge in [0, 0.05) is 25.0 Å². The van der Waals surface area contributed by atoms with Gasteiger partial charge < -0.3 is 14.7 Å². The van der Waals surface area contributed by atoms with Crippen LogP contribution in [0, 0.1) is 5.92 Å². The molecule has 0 aliphatic carbocycles. The second kappa shape index (κ2) is 4.80. The molecule has 1 aliphatic heterocycles. The standard InChI is InChI=1S/C9H18BNO3/c1-6(2)9(13)11-3-7(5-12)14-8(10)4-11/h6-8,12H,3-5,10H2,1-2H3. The first-order valence-electron chi connectivity index (χ1n) is 5.09. The van der Waals surface area contributed by atoms with Crippen LogP contribution in [0.5, 0.6) is 0 Å². The number of carbonyl (C=O) groups excluding carboxylic acids is 1. The van der Waals surface area contributed by atoms with Gasteiger partial charge in [-0.1, -0.05) is 13.8 Å². The number of ether oxygens (including phenoxy) is 1. The molecule has 1 saturated heterocycles. The van der Waals surface area contributed by atoms with Crippen LogP contribution in [0.2, 0.25) is 0 Å². The summed E-state index contributed by atoms with van der Waals surface area (Å²) in [4.78, 5) is 13.5. The molecule has 4 nitrogen and oxygen atoms in total. The molecule has 0 radical (unpaired) electrons. The fraction of sp³-hybridized carbons (Fsp3) is 0.889. The van der Waals surface area contributed by atoms with Gasteiger partial charge in [-0.2, -0.15) is 0 Å². The lowest BCUT2D eigenvalue weighted by molar-refractivity contribution is -0.145. The summed E-state index contributed by atoms with van der Waals surface area (Å²) in [6.45, 7) is 4.89. The second-order valence-corrected chi connectivity index (χ2v) is 4.15. The van der Waals surface area contributed by atoms with Crippen LogP contribution in [-0.2, 0) is 9.53 Å². The van der Waals surface area contributed by atoms with Crippen LogP contribution in [0.4, 0.5) is 0 Å². The van der Waals surface area contributed by atoms with Crippen LogP contribution in [0.25, 0.3) is 0 Å². The molecule has 5 heteroatoms. The first-order chi connectivity index (χ1) is 6.54. The molecule has 1 N–H and O–H groups in total. The number of hydrogen-bond acceptors (Lipinski definition) is 3. The van der Waals surface area contributed by atoms with Crippen molar-refractivity contribution < 1.29 is 14.6 Å². The quantitative estimate of drug-likeness (QED) is 0.569. The third kappa shape index (κ3) is 2.72. The molecular formula is C9H18BNO3. The third-order valence-corrected chi connectivity index (χ3v) is 2.34. The van der Waals surface area contributed by atoms with Crippen LogP contribution in [0.1, 0.15) is 13.8 Å². The van der Waals surface area contributed by atoms with Gasteiger partial charge in [-0.05, 0) is 0 Å². The predicted molar refractivity (Wildman–Crippen MR) is 55.7 cm³/mol. The first kappa shape index (κ1) is 11.5. The molecule has 0 spiro atoms. The fourth-order valence-corrected chi connectivity index (χ4v) is 1.69. The normalized spacial score (nSPS) is 28.1. The lowest BCUT2D eigenvalue weighted by Crippen LogP contribution is -2.52. The topological polar surface area (TPSA) is 49.8 Å². The fourth-order valence-electron chi connectivity index (χ4n) is 1.69. The van der Waals surface area contributed by atoms with Gasteiger partial charge in [0.25, 0.3) is 0 Å². The minimum absolute atomic E-state index is 0.0136. The van der Waals surface area contributed by atoms with E-state index in [0.29, 0.717) is 13.1 Å². The van der Waals surface area contributed by atoms with Crippen molar-refractivity contribution >= 4 is 13.8 Å². The third-order valence-electron chi connectivity index (χ3n) is 2.34. The Morgan fingerprint density at radius 3 is 2.79 bits per heavy atom. The molecule has 2 atom stereocenters. The molecule has 14 heavy (non-hydrogen) atoms. The average Bonchev–Trinajstić information content (AvgIpc) is 2.15. The minimum Gasteiger partial charge on any atom is -0.394 e.